The van der Waals surface area contributed by atoms with Gasteiger partial charge in [-0.25, -0.2) is 8.42 Å². The van der Waals surface area contributed by atoms with Gasteiger partial charge < -0.3 is 5.32 Å². The molecule has 1 atom stereocenters. The van der Waals surface area contributed by atoms with Gasteiger partial charge in [-0.2, -0.15) is 11.8 Å². The van der Waals surface area contributed by atoms with Crippen molar-refractivity contribution in [2.24, 2.45) is 0 Å². The number of sulfone groups is 1. The first-order chi connectivity index (χ1) is 6.64. The quantitative estimate of drug-likeness (QED) is 0.697. The molecule has 3 nitrogen and oxygen atoms in total. The van der Waals surface area contributed by atoms with Gasteiger partial charge in [0.1, 0.15) is 0 Å². The molecule has 0 bridgehead atoms. The Kier molecular flexibility index (Phi) is 5.26. The van der Waals surface area contributed by atoms with Crippen molar-refractivity contribution in [2.45, 2.75) is 25.8 Å². The molecule has 0 radical (unpaired) electrons. The van der Waals surface area contributed by atoms with Crippen LogP contribution in [0.15, 0.2) is 0 Å². The van der Waals surface area contributed by atoms with Crippen molar-refractivity contribution in [3.63, 3.8) is 0 Å². The minimum atomic E-state index is -2.71. The molecule has 1 fully saturated rings. The monoisotopic (exact) mass is 237 g/mol. The summed E-state index contributed by atoms with van der Waals surface area (Å²) >= 11 is 1.93. The Morgan fingerprint density at radius 1 is 1.50 bits per heavy atom. The highest BCUT2D eigenvalue weighted by atomic mass is 32.2. The highest BCUT2D eigenvalue weighted by Gasteiger charge is 2.26. The molecule has 0 aromatic carbocycles. The third-order valence-corrected chi connectivity index (χ3v) is 5.09. The lowest BCUT2D eigenvalue weighted by Crippen LogP contribution is -2.31. The summed E-state index contributed by atoms with van der Waals surface area (Å²) in [7, 11) is -2.71. The minimum absolute atomic E-state index is 0.214. The second kappa shape index (κ2) is 5.98. The van der Waals surface area contributed by atoms with E-state index < -0.39 is 9.84 Å². The van der Waals surface area contributed by atoms with Crippen molar-refractivity contribution in [3.05, 3.63) is 0 Å². The third-order valence-electron chi connectivity index (χ3n) is 2.34. The number of thioether (sulfide) groups is 1. The summed E-state index contributed by atoms with van der Waals surface area (Å²) in [5.74, 6) is 3.04. The van der Waals surface area contributed by atoms with Gasteiger partial charge in [0.2, 0.25) is 0 Å². The predicted molar refractivity (Wildman–Crippen MR) is 62.7 cm³/mol. The van der Waals surface area contributed by atoms with Gasteiger partial charge in [0, 0.05) is 6.04 Å². The molecule has 5 heteroatoms. The largest absolute Gasteiger partial charge is 0.313 e. The molecule has 0 spiro atoms. The Balaban J connectivity index is 2.03. The molecule has 1 aliphatic rings. The van der Waals surface area contributed by atoms with Crippen LogP contribution in [0.4, 0.5) is 0 Å². The maximum Gasteiger partial charge on any atom is 0.151 e. The van der Waals surface area contributed by atoms with Crippen LogP contribution in [0.3, 0.4) is 0 Å². The lowest BCUT2D eigenvalue weighted by molar-refractivity contribution is 0.553. The molecule has 1 rings (SSSR count). The van der Waals surface area contributed by atoms with Gasteiger partial charge in [0.05, 0.1) is 11.5 Å². The number of rotatable bonds is 6. The molecule has 0 amide bonds. The zero-order chi connectivity index (χ0) is 10.4. The smallest absolute Gasteiger partial charge is 0.151 e. The fourth-order valence-corrected chi connectivity index (χ4v) is 3.93. The van der Waals surface area contributed by atoms with Crippen LogP contribution >= 0.6 is 11.8 Å². The molecule has 1 N–H and O–H groups in total. The van der Waals surface area contributed by atoms with Crippen molar-refractivity contribution < 1.29 is 8.42 Å². The van der Waals surface area contributed by atoms with Crippen molar-refractivity contribution >= 4 is 21.6 Å². The van der Waals surface area contributed by atoms with Gasteiger partial charge in [-0.3, -0.25) is 0 Å². The van der Waals surface area contributed by atoms with Crippen molar-refractivity contribution in [1.82, 2.24) is 5.32 Å². The van der Waals surface area contributed by atoms with Crippen LogP contribution in [-0.2, 0) is 9.84 Å². The van der Waals surface area contributed by atoms with Crippen LogP contribution in [0.2, 0.25) is 0 Å². The van der Waals surface area contributed by atoms with Gasteiger partial charge in [0.25, 0.3) is 0 Å². The number of nitrogens with one attached hydrogen (secondary N) is 1. The lowest BCUT2D eigenvalue weighted by Gasteiger charge is -2.09. The van der Waals surface area contributed by atoms with Crippen molar-refractivity contribution in [3.8, 4) is 0 Å². The number of hydrogen-bond donors (Lipinski definition) is 1. The SMILES string of the molecule is CCSCCCNC1CCS(=O)(=O)C1. The van der Waals surface area contributed by atoms with E-state index in [0.29, 0.717) is 11.5 Å². The van der Waals surface area contributed by atoms with E-state index in [1.165, 1.54) is 5.75 Å². The fourth-order valence-electron chi connectivity index (χ4n) is 1.58. The molecule has 1 heterocycles. The molecule has 0 aromatic heterocycles. The van der Waals surface area contributed by atoms with Crippen LogP contribution in [0.25, 0.3) is 0 Å². The Labute approximate surface area is 91.0 Å². The van der Waals surface area contributed by atoms with E-state index in [-0.39, 0.29) is 6.04 Å². The third kappa shape index (κ3) is 4.66. The summed E-state index contributed by atoms with van der Waals surface area (Å²) in [5, 5.41) is 3.30. The molecule has 0 saturated carbocycles. The molecule has 0 aromatic rings. The summed E-state index contributed by atoms with van der Waals surface area (Å²) in [4.78, 5) is 0. The predicted octanol–water partition coefficient (Wildman–Crippen LogP) is 0.906. The van der Waals surface area contributed by atoms with Crippen LogP contribution in [0, 0.1) is 0 Å². The first-order valence-corrected chi connectivity index (χ1v) is 8.13. The molecular weight excluding hydrogens is 218 g/mol. The van der Waals surface area contributed by atoms with E-state index in [1.54, 1.807) is 0 Å². The maximum absolute atomic E-state index is 11.1. The molecule has 1 saturated heterocycles. The summed E-state index contributed by atoms with van der Waals surface area (Å²) < 4.78 is 22.3. The van der Waals surface area contributed by atoms with Crippen molar-refractivity contribution in [1.29, 1.82) is 0 Å². The number of hydrogen-bond acceptors (Lipinski definition) is 4. The minimum Gasteiger partial charge on any atom is -0.313 e. The standard InChI is InChI=1S/C9H19NO2S2/c1-2-13-6-3-5-10-9-4-7-14(11,12)8-9/h9-10H,2-8H2,1H3. The molecule has 1 aliphatic heterocycles. The van der Waals surface area contributed by atoms with E-state index in [1.807, 2.05) is 11.8 Å². The molecular formula is C9H19NO2S2. The Morgan fingerprint density at radius 2 is 2.29 bits per heavy atom. The second-order valence-corrected chi connectivity index (χ2v) is 7.23. The van der Waals surface area contributed by atoms with E-state index in [2.05, 4.69) is 12.2 Å². The summed E-state index contributed by atoms with van der Waals surface area (Å²) in [6, 6.07) is 0.214. The highest BCUT2D eigenvalue weighted by Crippen LogP contribution is 2.11. The fraction of sp³-hybridized carbons (Fsp3) is 1.00. The highest BCUT2D eigenvalue weighted by molar-refractivity contribution is 7.99. The average Bonchev–Trinajstić information content (AvgIpc) is 2.45. The average molecular weight is 237 g/mol. The molecule has 14 heavy (non-hydrogen) atoms. The van der Waals surface area contributed by atoms with Gasteiger partial charge in [0.15, 0.2) is 9.84 Å². The first-order valence-electron chi connectivity index (χ1n) is 5.15. The lowest BCUT2D eigenvalue weighted by atomic mass is 10.2. The van der Waals surface area contributed by atoms with Gasteiger partial charge in [-0.1, -0.05) is 6.92 Å². The Hall–Kier alpha value is 0.260. The molecule has 84 valence electrons. The molecule has 0 aliphatic carbocycles. The Morgan fingerprint density at radius 3 is 2.86 bits per heavy atom. The zero-order valence-electron chi connectivity index (χ0n) is 8.66. The van der Waals surface area contributed by atoms with Gasteiger partial charge >= 0.3 is 0 Å². The van der Waals surface area contributed by atoms with Crippen LogP contribution < -0.4 is 5.32 Å². The Bertz CT molecular complexity index is 252. The van der Waals surface area contributed by atoms with E-state index in [0.717, 1.165) is 25.1 Å². The van der Waals surface area contributed by atoms with Gasteiger partial charge in [-0.15, -0.1) is 0 Å². The van der Waals surface area contributed by atoms with E-state index in [9.17, 15) is 8.42 Å². The first kappa shape index (κ1) is 12.3. The van der Waals surface area contributed by atoms with Crippen LogP contribution in [0.1, 0.15) is 19.8 Å². The van der Waals surface area contributed by atoms with Crippen LogP contribution in [0.5, 0.6) is 0 Å². The summed E-state index contributed by atoms with van der Waals surface area (Å²) in [5.41, 5.74) is 0. The summed E-state index contributed by atoms with van der Waals surface area (Å²) in [6.07, 6.45) is 1.93. The second-order valence-electron chi connectivity index (χ2n) is 3.60. The summed E-state index contributed by atoms with van der Waals surface area (Å²) in [6.45, 7) is 3.11. The zero-order valence-corrected chi connectivity index (χ0v) is 10.3. The van der Waals surface area contributed by atoms with Crippen LogP contribution in [-0.4, -0.2) is 44.0 Å². The normalized spacial score (nSPS) is 25.4. The maximum atomic E-state index is 11.1. The van der Waals surface area contributed by atoms with Gasteiger partial charge in [-0.05, 0) is 30.9 Å². The molecule has 1 unspecified atom stereocenters. The van der Waals surface area contributed by atoms with E-state index in [4.69, 9.17) is 0 Å². The topological polar surface area (TPSA) is 46.2 Å². The van der Waals surface area contributed by atoms with E-state index >= 15 is 0 Å². The van der Waals surface area contributed by atoms with Crippen molar-refractivity contribution in [2.75, 3.05) is 29.6 Å².